The van der Waals surface area contributed by atoms with Crippen LogP contribution in [0, 0.1) is 6.92 Å². The number of likely N-dealkylation sites (tertiary alicyclic amines) is 1. The highest BCUT2D eigenvalue weighted by molar-refractivity contribution is 5.94. The van der Waals surface area contributed by atoms with Crippen LogP contribution in [0.15, 0.2) is 41.2 Å². The van der Waals surface area contributed by atoms with Crippen LogP contribution in [0.25, 0.3) is 11.3 Å². The second kappa shape index (κ2) is 6.82. The molecule has 4 heteroatoms. The third kappa shape index (κ3) is 3.52. The third-order valence-electron chi connectivity index (χ3n) is 4.36. The molecule has 1 aliphatic rings. The van der Waals surface area contributed by atoms with E-state index in [1.54, 1.807) is 6.07 Å². The van der Waals surface area contributed by atoms with Crippen molar-refractivity contribution >= 4 is 5.91 Å². The van der Waals surface area contributed by atoms with Crippen molar-refractivity contribution in [2.75, 3.05) is 13.1 Å². The first kappa shape index (κ1) is 15.5. The van der Waals surface area contributed by atoms with Crippen LogP contribution >= 0.6 is 0 Å². The maximum atomic E-state index is 12.6. The summed E-state index contributed by atoms with van der Waals surface area (Å²) in [5.74, 6) is -0.149. The van der Waals surface area contributed by atoms with Crippen LogP contribution in [-0.2, 0) is 0 Å². The van der Waals surface area contributed by atoms with Crippen molar-refractivity contribution in [3.63, 3.8) is 0 Å². The molecular weight excluding hydrogens is 288 g/mol. The first-order valence-corrected chi connectivity index (χ1v) is 8.25. The summed E-state index contributed by atoms with van der Waals surface area (Å²) in [4.78, 5) is 29.6. The van der Waals surface area contributed by atoms with Crippen molar-refractivity contribution in [2.45, 2.75) is 32.6 Å². The number of aryl methyl sites for hydroxylation is 1. The van der Waals surface area contributed by atoms with Gasteiger partial charge in [-0.2, -0.15) is 0 Å². The summed E-state index contributed by atoms with van der Waals surface area (Å²) in [6, 6.07) is 11.4. The van der Waals surface area contributed by atoms with Crippen LogP contribution in [0.2, 0.25) is 0 Å². The second-order valence-corrected chi connectivity index (χ2v) is 6.19. The van der Waals surface area contributed by atoms with E-state index in [1.807, 2.05) is 42.2 Å². The van der Waals surface area contributed by atoms with Crippen molar-refractivity contribution < 1.29 is 4.79 Å². The predicted octanol–water partition coefficient (Wildman–Crippen LogP) is 3.37. The minimum absolute atomic E-state index is 0.149. The van der Waals surface area contributed by atoms with Gasteiger partial charge in [0, 0.05) is 18.8 Å². The van der Waals surface area contributed by atoms with Crippen molar-refractivity contribution in [1.29, 1.82) is 0 Å². The maximum Gasteiger partial charge on any atom is 0.261 e. The zero-order valence-electron chi connectivity index (χ0n) is 13.5. The summed E-state index contributed by atoms with van der Waals surface area (Å²) >= 11 is 0. The maximum absolute atomic E-state index is 12.6. The zero-order chi connectivity index (χ0) is 16.2. The number of carbonyl (C=O) groups is 1. The summed E-state index contributed by atoms with van der Waals surface area (Å²) in [6.07, 6.45) is 4.36. The fraction of sp³-hybridized carbons (Fsp3) is 0.368. The molecule has 1 aliphatic heterocycles. The van der Waals surface area contributed by atoms with Gasteiger partial charge in [0.2, 0.25) is 0 Å². The van der Waals surface area contributed by atoms with Crippen LogP contribution in [-0.4, -0.2) is 28.9 Å². The molecule has 1 aromatic carbocycles. The molecule has 1 fully saturated rings. The van der Waals surface area contributed by atoms with E-state index < -0.39 is 0 Å². The highest BCUT2D eigenvalue weighted by Gasteiger charge is 2.20. The molecule has 2 heterocycles. The van der Waals surface area contributed by atoms with E-state index in [-0.39, 0.29) is 17.0 Å². The van der Waals surface area contributed by atoms with Crippen molar-refractivity contribution in [1.82, 2.24) is 9.88 Å². The van der Waals surface area contributed by atoms with E-state index in [1.165, 1.54) is 0 Å². The molecule has 0 saturated carbocycles. The molecule has 0 bridgehead atoms. The highest BCUT2D eigenvalue weighted by atomic mass is 16.2. The topological polar surface area (TPSA) is 53.2 Å². The molecule has 2 aromatic rings. The first-order valence-electron chi connectivity index (χ1n) is 8.25. The Morgan fingerprint density at radius 3 is 2.43 bits per heavy atom. The minimum atomic E-state index is -0.307. The molecule has 23 heavy (non-hydrogen) atoms. The van der Waals surface area contributed by atoms with Gasteiger partial charge in [0.15, 0.2) is 0 Å². The number of hydrogen-bond donors (Lipinski definition) is 1. The Kier molecular flexibility index (Phi) is 4.60. The summed E-state index contributed by atoms with van der Waals surface area (Å²) < 4.78 is 0. The Morgan fingerprint density at radius 2 is 1.78 bits per heavy atom. The number of amides is 1. The lowest BCUT2D eigenvalue weighted by atomic mass is 10.1. The number of rotatable bonds is 2. The largest absolute Gasteiger partial charge is 0.338 e. The Bertz CT molecular complexity index is 756. The van der Waals surface area contributed by atoms with Gasteiger partial charge in [-0.15, -0.1) is 0 Å². The molecule has 0 aliphatic carbocycles. The van der Waals surface area contributed by atoms with Crippen LogP contribution in [0.1, 0.15) is 41.6 Å². The lowest BCUT2D eigenvalue weighted by Crippen LogP contribution is -2.35. The van der Waals surface area contributed by atoms with Gasteiger partial charge < -0.3 is 9.88 Å². The van der Waals surface area contributed by atoms with E-state index in [0.29, 0.717) is 0 Å². The second-order valence-electron chi connectivity index (χ2n) is 6.19. The molecule has 4 nitrogen and oxygen atoms in total. The number of aromatic nitrogens is 1. The van der Waals surface area contributed by atoms with Gasteiger partial charge in [-0.3, -0.25) is 9.59 Å². The van der Waals surface area contributed by atoms with Gasteiger partial charge in [0.1, 0.15) is 5.56 Å². The van der Waals surface area contributed by atoms with Crippen LogP contribution in [0.4, 0.5) is 0 Å². The molecule has 0 spiro atoms. The molecule has 1 amide bonds. The third-order valence-corrected chi connectivity index (χ3v) is 4.36. The molecule has 0 atom stereocenters. The normalized spacial score (nSPS) is 15.3. The standard InChI is InChI=1S/C19H22N2O2/c1-14-7-6-8-15(13-14)17-10-9-16(18(22)20-17)19(23)21-11-4-2-3-5-12-21/h6-10,13H,2-5,11-12H2,1H3,(H,20,22). The Hall–Kier alpha value is -2.36. The monoisotopic (exact) mass is 310 g/mol. The number of benzene rings is 1. The number of aromatic amines is 1. The number of pyridine rings is 1. The Balaban J connectivity index is 1.87. The van der Waals surface area contributed by atoms with Crippen LogP contribution < -0.4 is 5.56 Å². The van der Waals surface area contributed by atoms with Crippen molar-refractivity contribution in [2.24, 2.45) is 0 Å². The average Bonchev–Trinajstić information content (AvgIpc) is 2.83. The molecule has 1 aromatic heterocycles. The Labute approximate surface area is 136 Å². The SMILES string of the molecule is Cc1cccc(-c2ccc(C(=O)N3CCCCCC3)c(=O)[nH]2)c1. The smallest absolute Gasteiger partial charge is 0.261 e. The first-order chi connectivity index (χ1) is 11.1. The molecule has 1 N–H and O–H groups in total. The summed E-state index contributed by atoms with van der Waals surface area (Å²) in [7, 11) is 0. The molecule has 3 rings (SSSR count). The van der Waals surface area contributed by atoms with E-state index in [4.69, 9.17) is 0 Å². The van der Waals surface area contributed by atoms with Gasteiger partial charge in [-0.1, -0.05) is 36.6 Å². The van der Waals surface area contributed by atoms with Gasteiger partial charge in [0.05, 0.1) is 0 Å². The number of nitrogens with one attached hydrogen (secondary N) is 1. The van der Waals surface area contributed by atoms with Gasteiger partial charge in [-0.25, -0.2) is 0 Å². The van der Waals surface area contributed by atoms with Crippen LogP contribution in [0.5, 0.6) is 0 Å². The fourth-order valence-corrected chi connectivity index (χ4v) is 3.07. The zero-order valence-corrected chi connectivity index (χ0v) is 13.5. The molecule has 120 valence electrons. The number of H-pyrrole nitrogens is 1. The highest BCUT2D eigenvalue weighted by Crippen LogP contribution is 2.18. The van der Waals surface area contributed by atoms with Crippen LogP contribution in [0.3, 0.4) is 0 Å². The van der Waals surface area contributed by atoms with Gasteiger partial charge in [0.25, 0.3) is 11.5 Å². The van der Waals surface area contributed by atoms with E-state index in [0.717, 1.165) is 55.6 Å². The average molecular weight is 310 g/mol. The molecular formula is C19H22N2O2. The minimum Gasteiger partial charge on any atom is -0.338 e. The summed E-state index contributed by atoms with van der Waals surface area (Å²) in [5.41, 5.74) is 2.76. The summed E-state index contributed by atoms with van der Waals surface area (Å²) in [5, 5.41) is 0. The molecule has 1 saturated heterocycles. The van der Waals surface area contributed by atoms with Crippen molar-refractivity contribution in [3.05, 3.63) is 57.9 Å². The number of carbonyl (C=O) groups excluding carboxylic acids is 1. The lowest BCUT2D eigenvalue weighted by molar-refractivity contribution is 0.0760. The number of hydrogen-bond acceptors (Lipinski definition) is 2. The fourth-order valence-electron chi connectivity index (χ4n) is 3.07. The lowest BCUT2D eigenvalue weighted by Gasteiger charge is -2.19. The predicted molar refractivity (Wildman–Crippen MR) is 91.6 cm³/mol. The van der Waals surface area contributed by atoms with Crippen molar-refractivity contribution in [3.8, 4) is 11.3 Å². The molecule has 0 unspecified atom stereocenters. The van der Waals surface area contributed by atoms with Gasteiger partial charge >= 0.3 is 0 Å². The van der Waals surface area contributed by atoms with E-state index in [2.05, 4.69) is 4.98 Å². The van der Waals surface area contributed by atoms with E-state index >= 15 is 0 Å². The molecule has 0 radical (unpaired) electrons. The summed E-state index contributed by atoms with van der Waals surface area (Å²) in [6.45, 7) is 3.51. The van der Waals surface area contributed by atoms with Gasteiger partial charge in [-0.05, 0) is 43.5 Å². The van der Waals surface area contributed by atoms with E-state index in [9.17, 15) is 9.59 Å². The number of nitrogens with zero attached hydrogens (tertiary/aromatic N) is 1. The Morgan fingerprint density at radius 1 is 1.04 bits per heavy atom. The quantitative estimate of drug-likeness (QED) is 0.924.